The van der Waals surface area contributed by atoms with Crippen LogP contribution >= 0.6 is 0 Å². The molecule has 0 radical (unpaired) electrons. The van der Waals surface area contributed by atoms with E-state index in [1.165, 1.54) is 0 Å². The fourth-order valence-electron chi connectivity index (χ4n) is 5.13. The zero-order valence-electron chi connectivity index (χ0n) is 21.1. The molecular weight excluding hydrogens is 478 g/mol. The maximum Gasteiger partial charge on any atom is 0.249 e. The van der Waals surface area contributed by atoms with Crippen LogP contribution in [0.25, 0.3) is 0 Å². The van der Waals surface area contributed by atoms with Gasteiger partial charge in [0, 0.05) is 61.5 Å². The Balaban J connectivity index is 1.16. The van der Waals surface area contributed by atoms with E-state index in [-0.39, 0.29) is 18.8 Å². The Labute approximate surface area is 215 Å². The average molecular weight is 511 g/mol. The molecule has 1 saturated heterocycles. The molecule has 3 fully saturated rings. The van der Waals surface area contributed by atoms with Crippen LogP contribution in [0, 0.1) is 0 Å². The lowest BCUT2D eigenvalue weighted by molar-refractivity contribution is -0.0879. The lowest BCUT2D eigenvalue weighted by Crippen LogP contribution is -2.48. The third kappa shape index (κ3) is 5.45. The molecule has 37 heavy (non-hydrogen) atoms. The van der Waals surface area contributed by atoms with Gasteiger partial charge in [0.15, 0.2) is 5.75 Å². The highest BCUT2D eigenvalue weighted by atomic mass is 19.3. The number of ether oxygens (including phenoxy) is 2. The number of nitrogens with zero attached hydrogens (tertiary/aromatic N) is 5. The van der Waals surface area contributed by atoms with Gasteiger partial charge in [-0.1, -0.05) is 0 Å². The van der Waals surface area contributed by atoms with Crippen LogP contribution in [0.1, 0.15) is 62.9 Å². The summed E-state index contributed by atoms with van der Waals surface area (Å²) in [6.07, 6.45) is 7.06. The number of pyridine rings is 2. The van der Waals surface area contributed by atoms with Crippen molar-refractivity contribution in [1.29, 1.82) is 0 Å². The van der Waals surface area contributed by atoms with Crippen molar-refractivity contribution < 1.29 is 18.3 Å². The predicted molar refractivity (Wildman–Crippen MR) is 135 cm³/mol. The highest BCUT2D eigenvalue weighted by Crippen LogP contribution is 2.51. The maximum absolute atomic E-state index is 13.6. The first-order chi connectivity index (χ1) is 17.8. The smallest absolute Gasteiger partial charge is 0.249 e. The lowest BCUT2D eigenvalue weighted by Gasteiger charge is -2.38. The largest absolute Gasteiger partial charge is 0.454 e. The summed E-state index contributed by atoms with van der Waals surface area (Å²) in [6, 6.07) is 8.50. The molecule has 2 atom stereocenters. The molecule has 3 aromatic heterocycles. The van der Waals surface area contributed by atoms with E-state index in [4.69, 9.17) is 9.47 Å². The highest BCUT2D eigenvalue weighted by molar-refractivity contribution is 5.57. The van der Waals surface area contributed by atoms with Crippen LogP contribution in [0.4, 0.5) is 20.3 Å². The normalized spacial score (nSPS) is 24.0. The molecule has 10 heteroatoms. The zero-order valence-corrected chi connectivity index (χ0v) is 21.1. The molecule has 0 amide bonds. The third-order valence-corrected chi connectivity index (χ3v) is 7.37. The van der Waals surface area contributed by atoms with E-state index in [1.54, 1.807) is 24.5 Å². The summed E-state index contributed by atoms with van der Waals surface area (Å²) in [6.45, 7) is 6.53. The standard InChI is InChI=1S/C27H32F2N6O2/c1-17-15-36-16-18(2)34(17)13-21-9-20(5-7-30-21)32-25-10-23(6-8-31-25)37-24-14-35(22-3-4-22)33-26(24)19-11-27(28,29)12-19/h5-10,14,17-19,22H,3-4,11-13,15-16H2,1-2H3,(H,30,31,32). The van der Waals surface area contributed by atoms with Gasteiger partial charge in [-0.25, -0.2) is 13.8 Å². The Morgan fingerprint density at radius 2 is 1.84 bits per heavy atom. The summed E-state index contributed by atoms with van der Waals surface area (Å²) in [4.78, 5) is 11.4. The molecule has 0 aromatic carbocycles. The number of hydrogen-bond acceptors (Lipinski definition) is 7. The third-order valence-electron chi connectivity index (χ3n) is 7.37. The van der Waals surface area contributed by atoms with Gasteiger partial charge >= 0.3 is 0 Å². The molecule has 8 nitrogen and oxygen atoms in total. The minimum atomic E-state index is -2.61. The van der Waals surface area contributed by atoms with Gasteiger partial charge in [0.1, 0.15) is 17.3 Å². The Morgan fingerprint density at radius 1 is 1.08 bits per heavy atom. The molecule has 0 bridgehead atoms. The van der Waals surface area contributed by atoms with Crippen molar-refractivity contribution in [3.8, 4) is 11.5 Å². The van der Waals surface area contributed by atoms with E-state index in [0.29, 0.717) is 41.1 Å². The highest BCUT2D eigenvalue weighted by Gasteiger charge is 2.48. The van der Waals surface area contributed by atoms with E-state index < -0.39 is 5.92 Å². The number of nitrogens with one attached hydrogen (secondary N) is 1. The van der Waals surface area contributed by atoms with Crippen molar-refractivity contribution >= 4 is 11.5 Å². The van der Waals surface area contributed by atoms with Crippen molar-refractivity contribution in [2.75, 3.05) is 18.5 Å². The van der Waals surface area contributed by atoms with Gasteiger partial charge in [-0.15, -0.1) is 0 Å². The number of halogens is 2. The second kappa shape index (κ2) is 9.64. The summed E-state index contributed by atoms with van der Waals surface area (Å²) >= 11 is 0. The van der Waals surface area contributed by atoms with Crippen LogP contribution in [0.15, 0.2) is 42.9 Å². The topological polar surface area (TPSA) is 77.3 Å². The summed E-state index contributed by atoms with van der Waals surface area (Å²) in [7, 11) is 0. The van der Waals surface area contributed by atoms with Crippen molar-refractivity contribution in [2.45, 2.75) is 76.0 Å². The molecule has 1 N–H and O–H groups in total. The Morgan fingerprint density at radius 3 is 2.57 bits per heavy atom. The summed E-state index contributed by atoms with van der Waals surface area (Å²) in [5.41, 5.74) is 2.46. The van der Waals surface area contributed by atoms with Crippen molar-refractivity contribution in [1.82, 2.24) is 24.6 Å². The maximum atomic E-state index is 13.6. The molecule has 2 saturated carbocycles. The minimum Gasteiger partial charge on any atom is -0.454 e. The van der Waals surface area contributed by atoms with Crippen LogP contribution in [0.5, 0.6) is 11.5 Å². The Hall–Kier alpha value is -3.11. The number of aromatic nitrogens is 4. The number of alkyl halides is 2. The van der Waals surface area contributed by atoms with Gasteiger partial charge in [0.05, 0.1) is 31.1 Å². The molecule has 4 heterocycles. The molecule has 0 spiro atoms. The molecule has 2 aliphatic carbocycles. The Bertz CT molecular complexity index is 1250. The minimum absolute atomic E-state index is 0.180. The fourth-order valence-corrected chi connectivity index (χ4v) is 5.13. The molecular formula is C27H32F2N6O2. The molecule has 3 aliphatic rings. The van der Waals surface area contributed by atoms with Gasteiger partial charge in [-0.3, -0.25) is 14.6 Å². The number of morpholine rings is 1. The molecule has 2 unspecified atom stereocenters. The van der Waals surface area contributed by atoms with E-state index in [0.717, 1.165) is 44.0 Å². The van der Waals surface area contributed by atoms with Gasteiger partial charge in [0.2, 0.25) is 5.92 Å². The van der Waals surface area contributed by atoms with Gasteiger partial charge < -0.3 is 14.8 Å². The second-order valence-electron chi connectivity index (χ2n) is 10.6. The quantitative estimate of drug-likeness (QED) is 0.419. The first-order valence-corrected chi connectivity index (χ1v) is 13.0. The van der Waals surface area contributed by atoms with Crippen LogP contribution in [0.3, 0.4) is 0 Å². The van der Waals surface area contributed by atoms with Gasteiger partial charge in [-0.05, 0) is 44.9 Å². The van der Waals surface area contributed by atoms with Crippen LogP contribution in [-0.2, 0) is 11.3 Å². The van der Waals surface area contributed by atoms with Gasteiger partial charge in [-0.2, -0.15) is 5.10 Å². The van der Waals surface area contributed by atoms with E-state index in [9.17, 15) is 8.78 Å². The van der Waals surface area contributed by atoms with Crippen LogP contribution in [0.2, 0.25) is 0 Å². The number of anilines is 2. The fraction of sp³-hybridized carbons (Fsp3) is 0.519. The number of hydrogen-bond donors (Lipinski definition) is 1. The van der Waals surface area contributed by atoms with Crippen molar-refractivity contribution in [3.63, 3.8) is 0 Å². The summed E-state index contributed by atoms with van der Waals surface area (Å²) < 4.78 is 40.8. The first-order valence-electron chi connectivity index (χ1n) is 13.0. The predicted octanol–water partition coefficient (Wildman–Crippen LogP) is 5.67. The lowest BCUT2D eigenvalue weighted by atomic mass is 9.79. The van der Waals surface area contributed by atoms with Crippen LogP contribution in [-0.4, -0.2) is 55.9 Å². The van der Waals surface area contributed by atoms with Crippen LogP contribution < -0.4 is 10.1 Å². The van der Waals surface area contributed by atoms with Gasteiger partial charge in [0.25, 0.3) is 0 Å². The summed E-state index contributed by atoms with van der Waals surface area (Å²) in [5.74, 6) is -1.15. The van der Waals surface area contributed by atoms with Crippen molar-refractivity contribution in [2.24, 2.45) is 0 Å². The molecule has 196 valence electrons. The SMILES string of the molecule is CC1COCC(C)N1Cc1cc(Nc2cc(Oc3cn(C4CC4)nc3C3CC(F)(F)C3)ccn2)ccn1. The monoisotopic (exact) mass is 510 g/mol. The molecule has 3 aromatic rings. The molecule has 1 aliphatic heterocycles. The van der Waals surface area contributed by atoms with Crippen molar-refractivity contribution in [3.05, 3.63) is 54.2 Å². The molecule has 6 rings (SSSR count). The zero-order chi connectivity index (χ0) is 25.6. The van der Waals surface area contributed by atoms with E-state index in [1.807, 2.05) is 23.0 Å². The first kappa shape index (κ1) is 24.2. The second-order valence-corrected chi connectivity index (χ2v) is 10.6. The van der Waals surface area contributed by atoms with E-state index in [2.05, 4.69) is 39.1 Å². The van der Waals surface area contributed by atoms with E-state index >= 15 is 0 Å². The Kier molecular flexibility index (Phi) is 6.32. The average Bonchev–Trinajstić information content (AvgIpc) is 3.61. The summed E-state index contributed by atoms with van der Waals surface area (Å²) in [5, 5.41) is 7.96. The number of rotatable bonds is 8.